The van der Waals surface area contributed by atoms with Gasteiger partial charge in [-0.25, -0.2) is 0 Å². The van der Waals surface area contributed by atoms with E-state index in [1.54, 1.807) is 6.20 Å². The van der Waals surface area contributed by atoms with Gasteiger partial charge in [0.2, 0.25) is 0 Å². The number of rotatable bonds is 4. The summed E-state index contributed by atoms with van der Waals surface area (Å²) < 4.78 is 1.96. The lowest BCUT2D eigenvalue weighted by Crippen LogP contribution is -2.23. The molecule has 19 heavy (non-hydrogen) atoms. The minimum Gasteiger partial charge on any atom is -0.308 e. The summed E-state index contributed by atoms with van der Waals surface area (Å²) in [6.45, 7) is 6.17. The molecule has 0 radical (unpaired) electrons. The molecule has 0 spiro atoms. The van der Waals surface area contributed by atoms with Gasteiger partial charge in [0.15, 0.2) is 0 Å². The lowest BCUT2D eigenvalue weighted by Gasteiger charge is -2.21. The summed E-state index contributed by atoms with van der Waals surface area (Å²) in [5.41, 5.74) is 3.12. The van der Waals surface area contributed by atoms with Gasteiger partial charge in [-0.15, -0.1) is 0 Å². The fraction of sp³-hybridized carbons (Fsp3) is 0.429. The van der Waals surface area contributed by atoms with Crippen LogP contribution in [0.15, 0.2) is 24.5 Å². The Morgan fingerprint density at radius 3 is 2.68 bits per heavy atom. The normalized spacial score (nSPS) is 12.9. The lowest BCUT2D eigenvalue weighted by molar-refractivity contribution is 0.484. The Bertz CT molecular complexity index is 562. The van der Waals surface area contributed by atoms with Crippen molar-refractivity contribution in [1.29, 1.82) is 0 Å². The fourth-order valence-electron chi connectivity index (χ4n) is 2.24. The minimum absolute atomic E-state index is 0.0131. The van der Waals surface area contributed by atoms with Crippen LogP contribution in [0, 0.1) is 6.92 Å². The number of halogens is 1. The number of nitrogens with zero attached hydrogens (tertiary/aromatic N) is 3. The molecule has 0 saturated carbocycles. The van der Waals surface area contributed by atoms with Gasteiger partial charge in [-0.1, -0.05) is 11.6 Å². The van der Waals surface area contributed by atoms with Crippen molar-refractivity contribution in [2.45, 2.75) is 32.9 Å². The maximum Gasteiger partial charge on any atom is 0.0837 e. The van der Waals surface area contributed by atoms with Crippen LogP contribution in [0.25, 0.3) is 0 Å². The first-order valence-corrected chi connectivity index (χ1v) is 6.75. The first-order chi connectivity index (χ1) is 9.04. The number of pyridine rings is 1. The number of aromatic nitrogens is 3. The van der Waals surface area contributed by atoms with Crippen molar-refractivity contribution in [3.8, 4) is 0 Å². The van der Waals surface area contributed by atoms with Crippen LogP contribution in [0.3, 0.4) is 0 Å². The van der Waals surface area contributed by atoms with Crippen LogP contribution < -0.4 is 5.32 Å². The van der Waals surface area contributed by atoms with Crippen molar-refractivity contribution in [3.05, 3.63) is 46.5 Å². The quantitative estimate of drug-likeness (QED) is 0.934. The van der Waals surface area contributed by atoms with Crippen molar-refractivity contribution in [2.24, 2.45) is 0 Å². The highest BCUT2D eigenvalue weighted by Crippen LogP contribution is 2.29. The average molecular weight is 279 g/mol. The van der Waals surface area contributed by atoms with E-state index in [4.69, 9.17) is 11.6 Å². The van der Waals surface area contributed by atoms with E-state index in [1.807, 2.05) is 30.9 Å². The fourth-order valence-corrected chi connectivity index (χ4v) is 2.48. The first-order valence-electron chi connectivity index (χ1n) is 6.37. The first kappa shape index (κ1) is 14.0. The summed E-state index contributed by atoms with van der Waals surface area (Å²) in [7, 11) is 1.93. The smallest absolute Gasteiger partial charge is 0.0837 e. The minimum atomic E-state index is 0.0131. The lowest BCUT2D eigenvalue weighted by atomic mass is 10.0. The maximum absolute atomic E-state index is 6.31. The average Bonchev–Trinajstić information content (AvgIpc) is 2.73. The van der Waals surface area contributed by atoms with E-state index in [1.165, 1.54) is 0 Å². The molecule has 1 unspecified atom stereocenters. The molecule has 2 rings (SSSR count). The third-order valence-electron chi connectivity index (χ3n) is 3.09. The molecule has 0 fully saturated rings. The molecule has 2 heterocycles. The van der Waals surface area contributed by atoms with Gasteiger partial charge in [-0.2, -0.15) is 5.10 Å². The Hall–Kier alpha value is -1.39. The molecule has 2 aromatic heterocycles. The number of aryl methyl sites for hydroxylation is 1. The molecule has 102 valence electrons. The summed E-state index contributed by atoms with van der Waals surface area (Å²) in [6, 6.07) is 4.34. The molecule has 0 bridgehead atoms. The molecule has 0 aliphatic heterocycles. The summed E-state index contributed by atoms with van der Waals surface area (Å²) in [5.74, 6) is 0. The number of hydrogen-bond acceptors (Lipinski definition) is 3. The summed E-state index contributed by atoms with van der Waals surface area (Å²) in [5, 5.41) is 8.36. The standard InChI is InChI=1S/C14H19ClN4/c1-9(2)19-14(12(15)8-18-19)13(16-4)11-5-6-17-10(3)7-11/h5-9,13,16H,1-4H3. The molecule has 1 atom stereocenters. The topological polar surface area (TPSA) is 42.7 Å². The third-order valence-corrected chi connectivity index (χ3v) is 3.38. The van der Waals surface area contributed by atoms with Gasteiger partial charge in [-0.3, -0.25) is 9.67 Å². The van der Waals surface area contributed by atoms with E-state index in [0.717, 1.165) is 17.0 Å². The molecule has 0 aliphatic rings. The zero-order valence-electron chi connectivity index (χ0n) is 11.7. The molecule has 0 aromatic carbocycles. The Morgan fingerprint density at radius 1 is 1.37 bits per heavy atom. The van der Waals surface area contributed by atoms with Gasteiger partial charge in [-0.05, 0) is 45.5 Å². The molecule has 4 nitrogen and oxygen atoms in total. The highest BCUT2D eigenvalue weighted by atomic mass is 35.5. The molecule has 2 aromatic rings. The predicted molar refractivity (Wildman–Crippen MR) is 77.5 cm³/mol. The van der Waals surface area contributed by atoms with Crippen molar-refractivity contribution in [1.82, 2.24) is 20.1 Å². The molecule has 0 saturated heterocycles. The van der Waals surface area contributed by atoms with Gasteiger partial charge in [0.25, 0.3) is 0 Å². The van der Waals surface area contributed by atoms with Crippen LogP contribution in [0.5, 0.6) is 0 Å². The SMILES string of the molecule is CNC(c1ccnc(C)c1)c1c(Cl)cnn1C(C)C. The van der Waals surface area contributed by atoms with Crippen molar-refractivity contribution in [2.75, 3.05) is 7.05 Å². The van der Waals surface area contributed by atoms with E-state index in [-0.39, 0.29) is 12.1 Å². The van der Waals surface area contributed by atoms with Crippen LogP contribution in [0.1, 0.15) is 42.9 Å². The Kier molecular flexibility index (Phi) is 4.22. The van der Waals surface area contributed by atoms with E-state index >= 15 is 0 Å². The van der Waals surface area contributed by atoms with Gasteiger partial charge < -0.3 is 5.32 Å². The van der Waals surface area contributed by atoms with E-state index in [9.17, 15) is 0 Å². The van der Waals surface area contributed by atoms with E-state index in [2.05, 4.69) is 35.3 Å². The van der Waals surface area contributed by atoms with Gasteiger partial charge in [0, 0.05) is 17.9 Å². The highest BCUT2D eigenvalue weighted by molar-refractivity contribution is 6.31. The second-order valence-corrected chi connectivity index (χ2v) is 5.28. The molecular weight excluding hydrogens is 260 g/mol. The third kappa shape index (κ3) is 2.80. The second-order valence-electron chi connectivity index (χ2n) is 4.87. The zero-order chi connectivity index (χ0) is 14.0. The van der Waals surface area contributed by atoms with Crippen LogP contribution >= 0.6 is 11.6 Å². The Balaban J connectivity index is 2.51. The van der Waals surface area contributed by atoms with Crippen LogP contribution in [0.4, 0.5) is 0 Å². The Labute approximate surface area is 118 Å². The predicted octanol–water partition coefficient (Wildman–Crippen LogP) is 3.13. The number of hydrogen-bond donors (Lipinski definition) is 1. The second kappa shape index (κ2) is 5.72. The summed E-state index contributed by atoms with van der Waals surface area (Å²) >= 11 is 6.31. The van der Waals surface area contributed by atoms with Gasteiger partial charge in [0.05, 0.1) is 23.0 Å². The summed E-state index contributed by atoms with van der Waals surface area (Å²) in [6.07, 6.45) is 3.52. The molecule has 5 heteroatoms. The van der Waals surface area contributed by atoms with E-state index < -0.39 is 0 Å². The van der Waals surface area contributed by atoms with Crippen molar-refractivity contribution >= 4 is 11.6 Å². The van der Waals surface area contributed by atoms with Crippen LogP contribution in [0.2, 0.25) is 5.02 Å². The zero-order valence-corrected chi connectivity index (χ0v) is 12.4. The van der Waals surface area contributed by atoms with Crippen molar-refractivity contribution in [3.63, 3.8) is 0 Å². The van der Waals surface area contributed by atoms with Gasteiger partial charge >= 0.3 is 0 Å². The molecule has 0 amide bonds. The molecular formula is C14H19ClN4. The number of nitrogens with one attached hydrogen (secondary N) is 1. The van der Waals surface area contributed by atoms with Crippen molar-refractivity contribution < 1.29 is 0 Å². The largest absolute Gasteiger partial charge is 0.308 e. The van der Waals surface area contributed by atoms with Crippen LogP contribution in [-0.2, 0) is 0 Å². The van der Waals surface area contributed by atoms with Gasteiger partial charge in [0.1, 0.15) is 0 Å². The van der Waals surface area contributed by atoms with E-state index in [0.29, 0.717) is 5.02 Å². The highest BCUT2D eigenvalue weighted by Gasteiger charge is 2.22. The monoisotopic (exact) mass is 278 g/mol. The Morgan fingerprint density at radius 2 is 2.11 bits per heavy atom. The molecule has 1 N–H and O–H groups in total. The van der Waals surface area contributed by atoms with Crippen LogP contribution in [-0.4, -0.2) is 21.8 Å². The summed E-state index contributed by atoms with van der Waals surface area (Å²) in [4.78, 5) is 4.23. The maximum atomic E-state index is 6.31. The molecule has 0 aliphatic carbocycles.